The molecule has 0 spiro atoms. The van der Waals surface area contributed by atoms with Gasteiger partial charge in [-0.25, -0.2) is 13.9 Å². The van der Waals surface area contributed by atoms with E-state index in [1.807, 2.05) is 17.8 Å². The fraction of sp³-hybridized carbons (Fsp3) is 0.538. The normalized spacial score (nSPS) is 14.0. The molecule has 0 aliphatic rings. The number of rotatable bonds is 8. The Kier molecular flexibility index (Phi) is 7.48. The van der Waals surface area contributed by atoms with Gasteiger partial charge in [-0.1, -0.05) is 6.58 Å². The van der Waals surface area contributed by atoms with Crippen molar-refractivity contribution in [3.05, 3.63) is 31.4 Å². The van der Waals surface area contributed by atoms with E-state index in [0.717, 1.165) is 32.2 Å². The first-order chi connectivity index (χ1) is 10.7. The van der Waals surface area contributed by atoms with Crippen LogP contribution in [0.5, 0.6) is 0 Å². The Bertz CT molecular complexity index is 530. The van der Waals surface area contributed by atoms with E-state index in [1.54, 1.807) is 0 Å². The van der Waals surface area contributed by atoms with Crippen LogP contribution < -0.4 is 4.57 Å². The summed E-state index contributed by atoms with van der Waals surface area (Å²) >= 11 is 0. The van der Waals surface area contributed by atoms with Crippen LogP contribution in [-0.4, -0.2) is 17.1 Å². The molecule has 1 aromatic heterocycles. The third kappa shape index (κ3) is 20.4. The number of carbonyl (C=O) groups is 1. The van der Waals surface area contributed by atoms with Gasteiger partial charge < -0.3 is 4.74 Å². The molecule has 142 valence electrons. The van der Waals surface area contributed by atoms with Gasteiger partial charge in [0.05, 0.1) is 20.2 Å². The Morgan fingerprint density at radius 3 is 2.17 bits per heavy atom. The Hall–Kier alpha value is -1.57. The van der Waals surface area contributed by atoms with Crippen LogP contribution >= 0.6 is 7.81 Å². The zero-order valence-electron chi connectivity index (χ0n) is 13.2. The van der Waals surface area contributed by atoms with E-state index in [-0.39, 0.29) is 5.97 Å². The first-order valence-electron chi connectivity index (χ1n) is 7.04. The molecule has 11 heteroatoms. The van der Waals surface area contributed by atoms with Crippen LogP contribution in [0.4, 0.5) is 25.2 Å². The molecule has 0 fully saturated rings. The molecule has 0 saturated heterocycles. The van der Waals surface area contributed by atoms with Crippen LogP contribution in [0.2, 0.25) is 0 Å². The van der Waals surface area contributed by atoms with Crippen LogP contribution in [0, 0.1) is 0 Å². The van der Waals surface area contributed by atoms with Gasteiger partial charge >= 0.3 is 39.0 Å². The van der Waals surface area contributed by atoms with Gasteiger partial charge in [0.25, 0.3) is 0 Å². The minimum atomic E-state index is -10.7. The van der Waals surface area contributed by atoms with E-state index in [1.165, 1.54) is 6.08 Å². The Labute approximate surface area is 136 Å². The number of unbranched alkanes of at least 4 members (excludes halogenated alkanes) is 3. The summed E-state index contributed by atoms with van der Waals surface area (Å²) in [5, 5.41) is 0. The number of halogens is 6. The zero-order valence-corrected chi connectivity index (χ0v) is 14.1. The summed E-state index contributed by atoms with van der Waals surface area (Å²) in [5.41, 5.74) is 0. The first-order valence-corrected chi connectivity index (χ1v) is 9.07. The summed E-state index contributed by atoms with van der Waals surface area (Å²) in [5.74, 6) is -0.329. The van der Waals surface area contributed by atoms with E-state index in [4.69, 9.17) is 4.74 Å². The minimum absolute atomic E-state index is 0.329. The fourth-order valence-corrected chi connectivity index (χ4v) is 1.62. The molecule has 0 atom stereocenters. The molecule has 0 saturated carbocycles. The summed E-state index contributed by atoms with van der Waals surface area (Å²) in [6.45, 7) is 4.90. The second-order valence-corrected chi connectivity index (χ2v) is 6.98. The van der Waals surface area contributed by atoms with Crippen molar-refractivity contribution in [2.45, 2.75) is 32.2 Å². The standard InChI is InChI=1S/C13H21N2O2.F6P/c1-3-13(16)17-11-7-5-4-6-8-15-10-9-14(2)12-15;1-7(2,3,4,5)6/h3,9-10,12H,1,4-8,11H2,2H3;/q+1;-1. The molecule has 0 aromatic carbocycles. The van der Waals surface area contributed by atoms with Crippen molar-refractivity contribution in [2.75, 3.05) is 6.61 Å². The van der Waals surface area contributed by atoms with Gasteiger partial charge in [0.1, 0.15) is 12.4 Å². The molecule has 1 heterocycles. The molecule has 0 bridgehead atoms. The number of aryl methyl sites for hydroxylation is 2. The summed E-state index contributed by atoms with van der Waals surface area (Å²) in [6, 6.07) is 0. The van der Waals surface area contributed by atoms with Gasteiger partial charge in [0, 0.05) is 6.08 Å². The van der Waals surface area contributed by atoms with Gasteiger partial charge in [-0.15, -0.1) is 0 Å². The average molecular weight is 382 g/mol. The predicted octanol–water partition coefficient (Wildman–Crippen LogP) is 4.98. The zero-order chi connectivity index (χ0) is 18.9. The quantitative estimate of drug-likeness (QED) is 0.159. The molecule has 0 radical (unpaired) electrons. The van der Waals surface area contributed by atoms with E-state index < -0.39 is 7.81 Å². The van der Waals surface area contributed by atoms with Crippen LogP contribution in [0.25, 0.3) is 0 Å². The Morgan fingerprint density at radius 2 is 1.71 bits per heavy atom. The maximum atomic E-state index is 10.7. The third-order valence-corrected chi connectivity index (χ3v) is 2.55. The summed E-state index contributed by atoms with van der Waals surface area (Å²) in [4.78, 5) is 10.7. The number of carbonyl (C=O) groups excluding carboxylic acids is 1. The number of esters is 1. The molecule has 0 amide bonds. The summed E-state index contributed by atoms with van der Waals surface area (Å²) in [7, 11) is -8.64. The van der Waals surface area contributed by atoms with Crippen LogP contribution in [0.15, 0.2) is 31.4 Å². The van der Waals surface area contributed by atoms with Crippen molar-refractivity contribution in [3.63, 3.8) is 0 Å². The molecule has 0 unspecified atom stereocenters. The van der Waals surface area contributed by atoms with Crippen molar-refractivity contribution in [2.24, 2.45) is 7.05 Å². The molecular weight excluding hydrogens is 361 g/mol. The first kappa shape index (κ1) is 22.4. The monoisotopic (exact) mass is 382 g/mol. The SMILES string of the molecule is C=CC(=O)OCCCCCCn1cc[n+](C)c1.F[P-](F)(F)(F)(F)F. The third-order valence-electron chi connectivity index (χ3n) is 2.55. The van der Waals surface area contributed by atoms with Crippen LogP contribution in [-0.2, 0) is 23.1 Å². The molecule has 0 aliphatic carbocycles. The van der Waals surface area contributed by atoms with Crippen molar-refractivity contribution < 1.29 is 39.3 Å². The molecule has 1 aromatic rings. The maximum absolute atomic E-state index is 10.7. The second-order valence-electron chi connectivity index (χ2n) is 5.06. The van der Waals surface area contributed by atoms with Crippen molar-refractivity contribution in [1.82, 2.24) is 4.57 Å². The van der Waals surface area contributed by atoms with Gasteiger partial charge in [0.2, 0.25) is 6.33 Å². The predicted molar refractivity (Wildman–Crippen MR) is 78.8 cm³/mol. The number of hydrogen-bond donors (Lipinski definition) is 0. The van der Waals surface area contributed by atoms with E-state index >= 15 is 0 Å². The average Bonchev–Trinajstić information content (AvgIpc) is 2.79. The van der Waals surface area contributed by atoms with Crippen LogP contribution in [0.1, 0.15) is 25.7 Å². The number of ether oxygens (including phenoxy) is 1. The van der Waals surface area contributed by atoms with Gasteiger partial charge in [-0.3, -0.25) is 0 Å². The van der Waals surface area contributed by atoms with Gasteiger partial charge in [-0.05, 0) is 25.7 Å². The van der Waals surface area contributed by atoms with E-state index in [9.17, 15) is 30.0 Å². The van der Waals surface area contributed by atoms with Gasteiger partial charge in [-0.2, -0.15) is 0 Å². The van der Waals surface area contributed by atoms with Gasteiger partial charge in [0.15, 0.2) is 0 Å². The molecule has 4 nitrogen and oxygen atoms in total. The van der Waals surface area contributed by atoms with Crippen molar-refractivity contribution in [1.29, 1.82) is 0 Å². The number of nitrogens with zero attached hydrogens (tertiary/aromatic N) is 2. The molecule has 0 N–H and O–H groups in total. The topological polar surface area (TPSA) is 35.1 Å². The molecule has 0 aliphatic heterocycles. The Morgan fingerprint density at radius 1 is 1.17 bits per heavy atom. The van der Waals surface area contributed by atoms with E-state index in [0.29, 0.717) is 6.61 Å². The molecule has 24 heavy (non-hydrogen) atoms. The number of imidazole rings is 1. The van der Waals surface area contributed by atoms with Crippen molar-refractivity contribution in [3.8, 4) is 0 Å². The van der Waals surface area contributed by atoms with Crippen LogP contribution in [0.3, 0.4) is 0 Å². The molecular formula is C13H21F6N2O2P. The molecule has 1 rings (SSSR count). The summed E-state index contributed by atoms with van der Waals surface area (Å²) in [6.07, 6.45) is 11.7. The van der Waals surface area contributed by atoms with Crippen molar-refractivity contribution >= 4 is 13.8 Å². The Balaban J connectivity index is 0.000000640. The number of hydrogen-bond acceptors (Lipinski definition) is 2. The summed E-state index contributed by atoms with van der Waals surface area (Å²) < 4.78 is 68.3. The fourth-order valence-electron chi connectivity index (χ4n) is 1.62. The number of aromatic nitrogens is 2. The second kappa shape index (κ2) is 8.00. The van der Waals surface area contributed by atoms with E-state index in [2.05, 4.69) is 23.7 Å².